The summed E-state index contributed by atoms with van der Waals surface area (Å²) in [7, 11) is 0. The van der Waals surface area contributed by atoms with Crippen LogP contribution < -0.4 is 5.32 Å². The van der Waals surface area contributed by atoms with E-state index in [1.54, 1.807) is 25.4 Å². The van der Waals surface area contributed by atoms with E-state index in [0.717, 1.165) is 31.2 Å². The van der Waals surface area contributed by atoms with E-state index in [9.17, 15) is 9.18 Å². The lowest BCUT2D eigenvalue weighted by Gasteiger charge is -2.19. The minimum atomic E-state index is -0.507. The number of hydrogen-bond donors (Lipinski definition) is 2. The molecule has 4 heterocycles. The fraction of sp³-hybridized carbons (Fsp3) is 0.368. The summed E-state index contributed by atoms with van der Waals surface area (Å²) >= 11 is 6.05. The molecule has 0 bridgehead atoms. The molecule has 0 aromatic carbocycles. The monoisotopic (exact) mass is 402 g/mol. The molecule has 28 heavy (non-hydrogen) atoms. The van der Waals surface area contributed by atoms with Crippen molar-refractivity contribution in [3.63, 3.8) is 0 Å². The summed E-state index contributed by atoms with van der Waals surface area (Å²) in [5, 5.41) is 4.47. The molecule has 3 aromatic heterocycles. The maximum absolute atomic E-state index is 14.4. The van der Waals surface area contributed by atoms with Crippen LogP contribution in [-0.2, 0) is 4.79 Å². The summed E-state index contributed by atoms with van der Waals surface area (Å²) in [5.41, 5.74) is 1.37. The van der Waals surface area contributed by atoms with Crippen LogP contribution in [0.2, 0.25) is 5.02 Å². The smallest absolute Gasteiger partial charge is 0.219 e. The normalized spacial score (nSPS) is 17.5. The molecular formula is C19H20ClFN6O. The number of carbonyl (C=O) groups is 1. The average molecular weight is 403 g/mol. The number of nitrogens with zero attached hydrogens (tertiary/aromatic N) is 4. The number of rotatable bonds is 3. The second-order valence-electron chi connectivity index (χ2n) is 6.92. The zero-order valence-electron chi connectivity index (χ0n) is 15.4. The van der Waals surface area contributed by atoms with E-state index < -0.39 is 5.82 Å². The highest BCUT2D eigenvalue weighted by Gasteiger charge is 2.21. The molecule has 3 aromatic rings. The van der Waals surface area contributed by atoms with E-state index in [-0.39, 0.29) is 17.8 Å². The quantitative estimate of drug-likeness (QED) is 0.698. The topological polar surface area (TPSA) is 86.8 Å². The highest BCUT2D eigenvalue weighted by atomic mass is 35.5. The third kappa shape index (κ3) is 3.77. The van der Waals surface area contributed by atoms with Crippen LogP contribution in [0.25, 0.3) is 22.4 Å². The number of carbonyl (C=O) groups excluding carboxylic acids is 1. The molecule has 1 fully saturated rings. The van der Waals surface area contributed by atoms with E-state index in [4.69, 9.17) is 11.6 Å². The number of likely N-dealkylation sites (tertiary alicyclic amines) is 1. The number of pyridine rings is 1. The van der Waals surface area contributed by atoms with Gasteiger partial charge in [0.1, 0.15) is 5.65 Å². The summed E-state index contributed by atoms with van der Waals surface area (Å²) < 4.78 is 14.4. The largest absolute Gasteiger partial charge is 0.365 e. The average Bonchev–Trinajstić information content (AvgIpc) is 2.93. The third-order valence-electron chi connectivity index (χ3n) is 5.00. The van der Waals surface area contributed by atoms with Crippen LogP contribution >= 0.6 is 11.6 Å². The molecule has 9 heteroatoms. The number of amides is 1. The second-order valence-corrected chi connectivity index (χ2v) is 7.36. The molecule has 2 N–H and O–H groups in total. The van der Waals surface area contributed by atoms with Crippen molar-refractivity contribution in [3.8, 4) is 11.4 Å². The van der Waals surface area contributed by atoms with Crippen molar-refractivity contribution in [1.29, 1.82) is 0 Å². The Balaban J connectivity index is 1.59. The molecule has 1 aliphatic heterocycles. The molecular weight excluding hydrogens is 383 g/mol. The fourth-order valence-corrected chi connectivity index (χ4v) is 3.67. The van der Waals surface area contributed by atoms with Gasteiger partial charge in [-0.25, -0.2) is 19.3 Å². The number of hydrogen-bond acceptors (Lipinski definition) is 5. The van der Waals surface area contributed by atoms with Gasteiger partial charge in [0.25, 0.3) is 0 Å². The van der Waals surface area contributed by atoms with Gasteiger partial charge in [0.15, 0.2) is 17.5 Å². The number of aromatic amines is 1. The van der Waals surface area contributed by atoms with Crippen LogP contribution in [0, 0.1) is 5.82 Å². The van der Waals surface area contributed by atoms with Crippen LogP contribution in [-0.4, -0.2) is 49.9 Å². The minimum Gasteiger partial charge on any atom is -0.365 e. The molecule has 0 spiro atoms. The lowest BCUT2D eigenvalue weighted by Crippen LogP contribution is -2.30. The van der Waals surface area contributed by atoms with Gasteiger partial charge in [0.05, 0.1) is 11.2 Å². The molecule has 7 nitrogen and oxygen atoms in total. The highest BCUT2D eigenvalue weighted by molar-refractivity contribution is 6.31. The van der Waals surface area contributed by atoms with Crippen LogP contribution in [0.3, 0.4) is 0 Å². The first kappa shape index (κ1) is 18.6. The number of aromatic nitrogens is 4. The number of H-pyrrole nitrogens is 1. The SMILES string of the molecule is CC(=O)N1CCCC(Nc2nc(-c3c[nH]c4ncc(Cl)cc34)ncc2F)CC1. The molecule has 4 rings (SSSR count). The van der Waals surface area contributed by atoms with Crippen molar-refractivity contribution in [1.82, 2.24) is 24.8 Å². The number of halogens is 2. The first-order chi connectivity index (χ1) is 13.5. The summed E-state index contributed by atoms with van der Waals surface area (Å²) in [6, 6.07) is 1.82. The Labute approximate surface area is 166 Å². The molecule has 1 amide bonds. The Morgan fingerprint density at radius 1 is 1.32 bits per heavy atom. The van der Waals surface area contributed by atoms with Crippen molar-refractivity contribution >= 4 is 34.4 Å². The Morgan fingerprint density at radius 2 is 2.18 bits per heavy atom. The van der Waals surface area contributed by atoms with E-state index in [1.165, 1.54) is 6.20 Å². The lowest BCUT2D eigenvalue weighted by atomic mass is 10.1. The molecule has 1 saturated heterocycles. The van der Waals surface area contributed by atoms with Crippen molar-refractivity contribution in [2.24, 2.45) is 0 Å². The van der Waals surface area contributed by atoms with Gasteiger partial charge < -0.3 is 15.2 Å². The standard InChI is InChI=1S/C19H20ClFN6O/c1-11(28)27-5-2-3-13(4-6-27)25-19-16(21)10-24-18(26-19)15-9-23-17-14(15)7-12(20)8-22-17/h7-10,13H,2-6H2,1H3,(H,22,23)(H,24,25,26). The maximum Gasteiger partial charge on any atom is 0.219 e. The minimum absolute atomic E-state index is 0.0423. The van der Waals surface area contributed by atoms with Gasteiger partial charge in [-0.05, 0) is 25.3 Å². The molecule has 1 unspecified atom stereocenters. The van der Waals surface area contributed by atoms with Crippen molar-refractivity contribution in [2.45, 2.75) is 32.2 Å². The predicted molar refractivity (Wildman–Crippen MR) is 106 cm³/mol. The zero-order valence-corrected chi connectivity index (χ0v) is 16.1. The zero-order chi connectivity index (χ0) is 19.7. The fourth-order valence-electron chi connectivity index (χ4n) is 3.51. The molecule has 0 saturated carbocycles. The van der Waals surface area contributed by atoms with E-state index in [2.05, 4.69) is 25.3 Å². The Hall–Kier alpha value is -2.74. The second kappa shape index (κ2) is 7.71. The molecule has 1 aliphatic rings. The predicted octanol–water partition coefficient (Wildman–Crippen LogP) is 3.63. The molecule has 1 atom stereocenters. The number of fused-ring (bicyclic) bond motifs is 1. The Bertz CT molecular complexity index is 1020. The van der Waals surface area contributed by atoms with Gasteiger partial charge in [-0.3, -0.25) is 4.79 Å². The van der Waals surface area contributed by atoms with Gasteiger partial charge in [0, 0.05) is 49.4 Å². The highest BCUT2D eigenvalue weighted by Crippen LogP contribution is 2.28. The Morgan fingerprint density at radius 3 is 3.00 bits per heavy atom. The summed E-state index contributed by atoms with van der Waals surface area (Å²) in [5.74, 6) is 0.115. The van der Waals surface area contributed by atoms with Gasteiger partial charge in [-0.1, -0.05) is 11.6 Å². The number of nitrogens with one attached hydrogen (secondary N) is 2. The molecule has 146 valence electrons. The van der Waals surface area contributed by atoms with E-state index >= 15 is 0 Å². The maximum atomic E-state index is 14.4. The van der Waals surface area contributed by atoms with Gasteiger partial charge in [0.2, 0.25) is 5.91 Å². The third-order valence-corrected chi connectivity index (χ3v) is 5.20. The summed E-state index contributed by atoms with van der Waals surface area (Å²) in [6.07, 6.45) is 6.91. The van der Waals surface area contributed by atoms with Crippen LogP contribution in [0.5, 0.6) is 0 Å². The van der Waals surface area contributed by atoms with Crippen LogP contribution in [0.1, 0.15) is 26.2 Å². The van der Waals surface area contributed by atoms with Crippen LogP contribution in [0.4, 0.5) is 10.2 Å². The van der Waals surface area contributed by atoms with Crippen molar-refractivity contribution in [3.05, 3.63) is 35.5 Å². The first-order valence-electron chi connectivity index (χ1n) is 9.19. The van der Waals surface area contributed by atoms with E-state index in [1.807, 2.05) is 4.90 Å². The van der Waals surface area contributed by atoms with Gasteiger partial charge in [-0.15, -0.1) is 0 Å². The number of anilines is 1. The first-order valence-corrected chi connectivity index (χ1v) is 9.56. The van der Waals surface area contributed by atoms with Crippen molar-refractivity contribution in [2.75, 3.05) is 18.4 Å². The van der Waals surface area contributed by atoms with Gasteiger partial charge in [-0.2, -0.15) is 0 Å². The summed E-state index contributed by atoms with van der Waals surface area (Å²) in [6.45, 7) is 2.96. The van der Waals surface area contributed by atoms with Gasteiger partial charge >= 0.3 is 0 Å². The molecule has 0 aliphatic carbocycles. The Kier molecular flexibility index (Phi) is 5.13. The van der Waals surface area contributed by atoms with Crippen molar-refractivity contribution < 1.29 is 9.18 Å². The summed E-state index contributed by atoms with van der Waals surface area (Å²) in [4.78, 5) is 29.2. The van der Waals surface area contributed by atoms with Crippen LogP contribution in [0.15, 0.2) is 24.7 Å². The van der Waals surface area contributed by atoms with E-state index in [0.29, 0.717) is 28.6 Å². The lowest BCUT2D eigenvalue weighted by molar-refractivity contribution is -0.128. The molecule has 0 radical (unpaired) electrons.